The monoisotopic (exact) mass is 1220 g/mol. The van der Waals surface area contributed by atoms with E-state index in [-0.39, 0.29) is 52.1 Å². The summed E-state index contributed by atoms with van der Waals surface area (Å²) in [4.78, 5) is 15.2. The Morgan fingerprint density at radius 1 is 0.553 bits per heavy atom. The minimum absolute atomic E-state index is 0.152. The standard InChI is InChI=1S/C59H96O26/c1-24-34(62)38(66)43(71)50(78-24)84-47-28(21-61)80-48(46(74)41(47)69)76-22-29-36(64)40(68)45(73)52(82-29)85-53(75)59-17-15-54(2,3)19-26(59)25-9-10-32-56(6)13-12-33(55(4,5)31(56)11-14-58(32,8)57(25,7)16-18-59)83-49-42(70)37(65)30(23-77-49)81-51-44(72)39(67)35(63)27(20-60)79-51/h9,24,26-52,60-74H,10-23H2,1-8H3/t24-,26-,27+,28+,29+,30-,31-,32+,33-,34-,35+,36+,37-,38+,39-,40-,41+,42+,43+,44+,45+,46+,47+,48+,49-,50-,51-,52-,56-,57+,58+,59-/m0/s1. The molecule has 5 heterocycles. The zero-order valence-corrected chi connectivity index (χ0v) is 49.8. The molecule has 32 atom stereocenters. The molecule has 15 N–H and O–H groups in total. The molecule has 0 radical (unpaired) electrons. The van der Waals surface area contributed by atoms with Crippen LogP contribution in [0.1, 0.15) is 120 Å². The Hall–Kier alpha value is -1.75. The maximum Gasteiger partial charge on any atom is 0.315 e. The minimum Gasteiger partial charge on any atom is -0.432 e. The van der Waals surface area contributed by atoms with Crippen LogP contribution in [0.4, 0.5) is 0 Å². The van der Waals surface area contributed by atoms with E-state index in [1.165, 1.54) is 12.5 Å². The first-order valence-corrected chi connectivity index (χ1v) is 30.6. The zero-order chi connectivity index (χ0) is 62.0. The molecule has 10 aliphatic rings. The molecular weight excluding hydrogens is 1120 g/mol. The van der Waals surface area contributed by atoms with Gasteiger partial charge in [-0.25, -0.2) is 0 Å². The maximum absolute atomic E-state index is 15.2. The lowest BCUT2D eigenvalue weighted by Crippen LogP contribution is -2.66. The van der Waals surface area contributed by atoms with Gasteiger partial charge in [-0.05, 0) is 116 Å². The first kappa shape index (κ1) is 66.2. The van der Waals surface area contributed by atoms with Gasteiger partial charge in [0.2, 0.25) is 6.29 Å². The highest BCUT2D eigenvalue weighted by molar-refractivity contribution is 5.79. The largest absolute Gasteiger partial charge is 0.432 e. The number of carbonyl (C=O) groups is 1. The summed E-state index contributed by atoms with van der Waals surface area (Å²) in [6, 6.07) is 0. The predicted molar refractivity (Wildman–Crippen MR) is 288 cm³/mol. The van der Waals surface area contributed by atoms with Crippen molar-refractivity contribution in [2.24, 2.45) is 50.2 Å². The third kappa shape index (κ3) is 11.2. The van der Waals surface area contributed by atoms with E-state index >= 15 is 4.79 Å². The number of hydrogen-bond donors (Lipinski definition) is 15. The molecule has 26 nitrogen and oxygen atoms in total. The minimum atomic E-state index is -1.89. The fourth-order valence-corrected chi connectivity index (χ4v) is 17.6. The molecule has 5 aliphatic heterocycles. The van der Waals surface area contributed by atoms with Gasteiger partial charge in [-0.1, -0.05) is 60.1 Å². The van der Waals surface area contributed by atoms with Gasteiger partial charge in [-0.3, -0.25) is 4.79 Å². The average molecular weight is 1220 g/mol. The predicted octanol–water partition coefficient (Wildman–Crippen LogP) is -2.54. The van der Waals surface area contributed by atoms with Crippen molar-refractivity contribution in [3.63, 3.8) is 0 Å². The van der Waals surface area contributed by atoms with Gasteiger partial charge in [-0.2, -0.15) is 0 Å². The highest BCUT2D eigenvalue weighted by Gasteiger charge is 2.70. The third-order valence-electron chi connectivity index (χ3n) is 23.1. The number of hydrogen-bond acceptors (Lipinski definition) is 26. The van der Waals surface area contributed by atoms with Crippen molar-refractivity contribution in [2.75, 3.05) is 26.4 Å². The van der Waals surface area contributed by atoms with Crippen LogP contribution in [0.25, 0.3) is 0 Å². The van der Waals surface area contributed by atoms with E-state index < -0.39 is 184 Å². The Morgan fingerprint density at radius 2 is 1.13 bits per heavy atom. The van der Waals surface area contributed by atoms with Gasteiger partial charge in [0.05, 0.1) is 44.1 Å². The van der Waals surface area contributed by atoms with Crippen LogP contribution >= 0.6 is 0 Å². The molecule has 4 saturated carbocycles. The van der Waals surface area contributed by atoms with Crippen LogP contribution in [0.5, 0.6) is 0 Å². The molecule has 5 aliphatic carbocycles. The third-order valence-corrected chi connectivity index (χ3v) is 23.1. The molecule has 0 aromatic rings. The van der Waals surface area contributed by atoms with Gasteiger partial charge in [0.15, 0.2) is 25.2 Å². The molecule has 5 saturated heterocycles. The summed E-state index contributed by atoms with van der Waals surface area (Å²) in [5.41, 5.74) is -1.11. The van der Waals surface area contributed by atoms with E-state index in [0.717, 1.165) is 25.7 Å². The number of aliphatic hydroxyl groups is 15. The van der Waals surface area contributed by atoms with Crippen LogP contribution in [0.15, 0.2) is 11.6 Å². The van der Waals surface area contributed by atoms with Crippen LogP contribution in [0.3, 0.4) is 0 Å². The molecule has 26 heteroatoms. The maximum atomic E-state index is 15.2. The van der Waals surface area contributed by atoms with E-state index in [1.54, 1.807) is 0 Å². The molecule has 85 heavy (non-hydrogen) atoms. The highest BCUT2D eigenvalue weighted by atomic mass is 16.8. The molecule has 0 bridgehead atoms. The van der Waals surface area contributed by atoms with Gasteiger partial charge in [0.25, 0.3) is 0 Å². The summed E-state index contributed by atoms with van der Waals surface area (Å²) in [5, 5.41) is 161. The molecule has 0 unspecified atom stereocenters. The Bertz CT molecular complexity index is 2360. The first-order valence-electron chi connectivity index (χ1n) is 30.6. The quantitative estimate of drug-likeness (QED) is 0.0513. The summed E-state index contributed by atoms with van der Waals surface area (Å²) in [5.74, 6) is -0.450. The van der Waals surface area contributed by atoms with Gasteiger partial charge in [0, 0.05) is 0 Å². The van der Waals surface area contributed by atoms with Crippen molar-refractivity contribution in [1.29, 1.82) is 0 Å². The topological polar surface area (TPSA) is 413 Å². The highest BCUT2D eigenvalue weighted by Crippen LogP contribution is 2.76. The lowest BCUT2D eigenvalue weighted by molar-refractivity contribution is -0.361. The van der Waals surface area contributed by atoms with Crippen molar-refractivity contribution >= 4 is 5.97 Å². The number of aliphatic hydroxyl groups excluding tert-OH is 15. The lowest BCUT2D eigenvalue weighted by atomic mass is 9.33. The van der Waals surface area contributed by atoms with Crippen LogP contribution in [-0.4, -0.2) is 263 Å². The lowest BCUT2D eigenvalue weighted by Gasteiger charge is -2.71. The Balaban J connectivity index is 0.801. The van der Waals surface area contributed by atoms with Crippen molar-refractivity contribution in [2.45, 2.75) is 273 Å². The van der Waals surface area contributed by atoms with Crippen molar-refractivity contribution in [1.82, 2.24) is 0 Å². The molecule has 0 aromatic heterocycles. The second-order valence-electron chi connectivity index (χ2n) is 28.7. The van der Waals surface area contributed by atoms with Crippen LogP contribution in [0, 0.1) is 50.2 Å². The zero-order valence-electron chi connectivity index (χ0n) is 49.8. The smallest absolute Gasteiger partial charge is 0.315 e. The average Bonchev–Trinajstić information content (AvgIpc) is 0.864. The molecule has 9 fully saturated rings. The van der Waals surface area contributed by atoms with E-state index in [0.29, 0.717) is 38.5 Å². The summed E-state index contributed by atoms with van der Waals surface area (Å²) in [7, 11) is 0. The van der Waals surface area contributed by atoms with E-state index in [4.69, 9.17) is 47.4 Å². The number of esters is 1. The summed E-state index contributed by atoms with van der Waals surface area (Å²) in [6.45, 7) is 15.0. The van der Waals surface area contributed by atoms with Crippen LogP contribution < -0.4 is 0 Å². The summed E-state index contributed by atoms with van der Waals surface area (Å²) in [6.07, 6.45) is -29.0. The van der Waals surface area contributed by atoms with Crippen molar-refractivity contribution in [3.8, 4) is 0 Å². The Labute approximate surface area is 494 Å². The van der Waals surface area contributed by atoms with Crippen molar-refractivity contribution in [3.05, 3.63) is 11.6 Å². The number of rotatable bonds is 13. The van der Waals surface area contributed by atoms with Gasteiger partial charge in [-0.15, -0.1) is 0 Å². The Morgan fingerprint density at radius 3 is 1.80 bits per heavy atom. The second-order valence-corrected chi connectivity index (χ2v) is 28.7. The van der Waals surface area contributed by atoms with Gasteiger partial charge in [0.1, 0.15) is 110 Å². The number of ether oxygens (including phenoxy) is 10. The summed E-state index contributed by atoms with van der Waals surface area (Å²) < 4.78 is 58.8. The fourth-order valence-electron chi connectivity index (χ4n) is 17.6. The molecule has 488 valence electrons. The van der Waals surface area contributed by atoms with E-state index in [9.17, 15) is 76.6 Å². The number of allylic oxidation sites excluding steroid dienone is 2. The van der Waals surface area contributed by atoms with Crippen LogP contribution in [-0.2, 0) is 52.2 Å². The molecule has 0 spiro atoms. The first-order chi connectivity index (χ1) is 39.8. The summed E-state index contributed by atoms with van der Waals surface area (Å²) >= 11 is 0. The Kier molecular flexibility index (Phi) is 19.0. The number of fused-ring (bicyclic) bond motifs is 7. The molecule has 0 aromatic carbocycles. The van der Waals surface area contributed by atoms with Gasteiger partial charge < -0.3 is 124 Å². The SMILES string of the molecule is C[C@@H]1O[C@@H](O[C@H]2[C@H](O)[C@@H](O)[C@H](OC[C@H]3O[C@@H](OC(=O)[C@]45CCC(C)(C)C[C@H]4C4=CC[C@@H]6[C@@]7(C)CC[C@H](O[C@@H]8OC[C@H](O[C@@H]9O[C@H](CO)[C@@H](O)[C@H](O)[C@H]9O)[C@H](O)[C@H]8O)C(C)(C)[C@@H]7CC[C@@]6(C)[C@]4(C)CC5)[C@H](O)[C@@H](O)[C@@H]3O)O[C@@H]2CO)[C@H](O)[C@H](O)[C@H]1O. The van der Waals surface area contributed by atoms with Crippen LogP contribution in [0.2, 0.25) is 0 Å². The molecule has 0 amide bonds. The second kappa shape index (κ2) is 24.4. The van der Waals surface area contributed by atoms with E-state index in [2.05, 4.69) is 54.5 Å². The molecule has 10 rings (SSSR count). The number of carbonyl (C=O) groups excluding carboxylic acids is 1. The van der Waals surface area contributed by atoms with Gasteiger partial charge >= 0.3 is 5.97 Å². The fraction of sp³-hybridized carbons (Fsp3) is 0.949. The normalized spacial score (nSPS) is 54.1. The molecular formula is C59H96O26. The van der Waals surface area contributed by atoms with Crippen molar-refractivity contribution < 1.29 is 129 Å². The van der Waals surface area contributed by atoms with E-state index in [1.807, 2.05) is 0 Å².